The van der Waals surface area contributed by atoms with E-state index < -0.39 is 6.04 Å². The highest BCUT2D eigenvalue weighted by molar-refractivity contribution is 6.14. The highest BCUT2D eigenvalue weighted by Crippen LogP contribution is 2.33. The third kappa shape index (κ3) is 4.70. The number of carbonyl (C=O) groups excluding carboxylic acids is 2. The zero-order chi connectivity index (χ0) is 21.7. The summed E-state index contributed by atoms with van der Waals surface area (Å²) < 4.78 is 10.8. The minimum atomic E-state index is -0.592. The molecule has 1 atom stereocenters. The van der Waals surface area contributed by atoms with Crippen molar-refractivity contribution in [1.82, 2.24) is 5.32 Å². The van der Waals surface area contributed by atoms with Gasteiger partial charge < -0.3 is 14.8 Å². The van der Waals surface area contributed by atoms with E-state index in [-0.39, 0.29) is 24.0 Å². The average molecular weight is 408 g/mol. The van der Waals surface area contributed by atoms with Gasteiger partial charge in [-0.15, -0.1) is 0 Å². The van der Waals surface area contributed by atoms with Crippen LogP contribution in [0.5, 0.6) is 11.5 Å². The van der Waals surface area contributed by atoms with Crippen molar-refractivity contribution in [2.45, 2.75) is 32.7 Å². The van der Waals surface area contributed by atoms with Gasteiger partial charge in [0.15, 0.2) is 17.3 Å². The Morgan fingerprint density at radius 3 is 2.37 bits per heavy atom. The van der Waals surface area contributed by atoms with Gasteiger partial charge in [-0.2, -0.15) is 0 Å². The molecule has 0 saturated carbocycles. The van der Waals surface area contributed by atoms with Crippen molar-refractivity contribution in [3.63, 3.8) is 0 Å². The molecule has 0 aromatic heterocycles. The SMILES string of the molecule is COc1cc2c(cc1OC)C(CC(=O)[C@@H](NC(=O)c1ccccc1)C(C)C)=NCC2. The quantitative estimate of drug-likeness (QED) is 0.726. The van der Waals surface area contributed by atoms with Crippen molar-refractivity contribution in [2.75, 3.05) is 20.8 Å². The zero-order valence-corrected chi connectivity index (χ0v) is 17.9. The third-order valence-corrected chi connectivity index (χ3v) is 5.28. The fraction of sp³-hybridized carbons (Fsp3) is 0.375. The number of rotatable bonds is 8. The van der Waals surface area contributed by atoms with Crippen LogP contribution in [0, 0.1) is 5.92 Å². The summed E-state index contributed by atoms with van der Waals surface area (Å²) in [7, 11) is 3.19. The molecule has 2 aromatic rings. The van der Waals surface area contributed by atoms with E-state index in [2.05, 4.69) is 10.3 Å². The van der Waals surface area contributed by atoms with E-state index in [1.165, 1.54) is 0 Å². The summed E-state index contributed by atoms with van der Waals surface area (Å²) in [6.07, 6.45) is 0.937. The fourth-order valence-electron chi connectivity index (χ4n) is 3.65. The number of methoxy groups -OCH3 is 2. The van der Waals surface area contributed by atoms with Crippen molar-refractivity contribution >= 4 is 17.4 Å². The molecule has 158 valence electrons. The first-order valence-corrected chi connectivity index (χ1v) is 10.1. The van der Waals surface area contributed by atoms with Gasteiger partial charge in [-0.05, 0) is 42.2 Å². The number of nitrogens with one attached hydrogen (secondary N) is 1. The van der Waals surface area contributed by atoms with Crippen LogP contribution in [0.3, 0.4) is 0 Å². The normalized spacial score (nSPS) is 13.8. The van der Waals surface area contributed by atoms with Gasteiger partial charge in [-0.1, -0.05) is 32.0 Å². The summed E-state index contributed by atoms with van der Waals surface area (Å²) in [5.41, 5.74) is 3.25. The van der Waals surface area contributed by atoms with Crippen molar-refractivity contribution in [1.29, 1.82) is 0 Å². The van der Waals surface area contributed by atoms with E-state index in [0.29, 0.717) is 23.6 Å². The molecule has 0 spiro atoms. The number of fused-ring (bicyclic) bond motifs is 1. The summed E-state index contributed by atoms with van der Waals surface area (Å²) in [5.74, 6) is 0.921. The lowest BCUT2D eigenvalue weighted by molar-refractivity contribution is -0.120. The molecular weight excluding hydrogens is 380 g/mol. The van der Waals surface area contributed by atoms with E-state index in [1.807, 2.05) is 32.0 Å². The maximum Gasteiger partial charge on any atom is 0.251 e. The van der Waals surface area contributed by atoms with Crippen LogP contribution in [0.2, 0.25) is 0 Å². The molecular formula is C24H28N2O4. The van der Waals surface area contributed by atoms with Gasteiger partial charge in [0.1, 0.15) is 0 Å². The molecule has 0 aliphatic carbocycles. The van der Waals surface area contributed by atoms with Crippen LogP contribution >= 0.6 is 0 Å². The topological polar surface area (TPSA) is 77.0 Å². The van der Waals surface area contributed by atoms with Crippen LogP contribution in [-0.4, -0.2) is 44.2 Å². The lowest BCUT2D eigenvalue weighted by atomic mass is 9.90. The molecule has 3 rings (SSSR count). The first-order valence-electron chi connectivity index (χ1n) is 10.1. The number of ketones is 1. The molecule has 0 radical (unpaired) electrons. The fourth-order valence-corrected chi connectivity index (χ4v) is 3.65. The van der Waals surface area contributed by atoms with Crippen LogP contribution in [0.15, 0.2) is 47.5 Å². The van der Waals surface area contributed by atoms with Gasteiger partial charge in [0.25, 0.3) is 5.91 Å². The van der Waals surface area contributed by atoms with Gasteiger partial charge in [0.05, 0.1) is 26.7 Å². The Morgan fingerprint density at radius 2 is 1.73 bits per heavy atom. The second kappa shape index (κ2) is 9.57. The van der Waals surface area contributed by atoms with Crippen molar-refractivity contribution < 1.29 is 19.1 Å². The number of hydrogen-bond acceptors (Lipinski definition) is 5. The van der Waals surface area contributed by atoms with Crippen LogP contribution in [0.1, 0.15) is 41.8 Å². The first-order chi connectivity index (χ1) is 14.4. The Hall–Kier alpha value is -3.15. The second-order valence-corrected chi connectivity index (χ2v) is 7.65. The van der Waals surface area contributed by atoms with E-state index in [9.17, 15) is 9.59 Å². The Labute approximate surface area is 177 Å². The number of ether oxygens (including phenoxy) is 2. The van der Waals surface area contributed by atoms with Crippen molar-refractivity contribution in [2.24, 2.45) is 10.9 Å². The minimum absolute atomic E-state index is 0.0424. The maximum absolute atomic E-state index is 13.2. The summed E-state index contributed by atoms with van der Waals surface area (Å²) in [6.45, 7) is 4.48. The smallest absolute Gasteiger partial charge is 0.251 e. The van der Waals surface area contributed by atoms with E-state index >= 15 is 0 Å². The third-order valence-electron chi connectivity index (χ3n) is 5.28. The number of carbonyl (C=O) groups is 2. The molecule has 6 heteroatoms. The van der Waals surface area contributed by atoms with E-state index in [1.54, 1.807) is 38.5 Å². The predicted octanol–water partition coefficient (Wildman–Crippen LogP) is 3.46. The summed E-state index contributed by atoms with van der Waals surface area (Å²) in [4.78, 5) is 30.3. The number of nitrogens with zero attached hydrogens (tertiary/aromatic N) is 1. The Balaban J connectivity index is 1.80. The van der Waals surface area contributed by atoms with Gasteiger partial charge >= 0.3 is 0 Å². The molecule has 0 saturated heterocycles. The second-order valence-electron chi connectivity index (χ2n) is 7.65. The number of aliphatic imine (C=N–C) groups is 1. The monoisotopic (exact) mass is 408 g/mol. The first kappa shape index (κ1) is 21.6. The molecule has 1 heterocycles. The van der Waals surface area contributed by atoms with E-state index in [4.69, 9.17) is 9.47 Å². The van der Waals surface area contributed by atoms with Crippen LogP contribution in [-0.2, 0) is 11.2 Å². The molecule has 2 aromatic carbocycles. The number of hydrogen-bond donors (Lipinski definition) is 1. The predicted molar refractivity (Wildman–Crippen MR) is 117 cm³/mol. The lowest BCUT2D eigenvalue weighted by Crippen LogP contribution is -2.45. The van der Waals surface area contributed by atoms with Crippen LogP contribution in [0.25, 0.3) is 0 Å². The minimum Gasteiger partial charge on any atom is -0.493 e. The van der Waals surface area contributed by atoms with Crippen molar-refractivity contribution in [3.05, 3.63) is 59.2 Å². The molecule has 0 unspecified atom stereocenters. The summed E-state index contributed by atoms with van der Waals surface area (Å²) in [6, 6.07) is 12.2. The number of Topliss-reactive ketones (excluding diaryl/α,β-unsaturated/α-hetero) is 1. The maximum atomic E-state index is 13.2. The molecule has 1 N–H and O–H groups in total. The largest absolute Gasteiger partial charge is 0.493 e. The molecule has 0 bridgehead atoms. The lowest BCUT2D eigenvalue weighted by Gasteiger charge is -2.24. The van der Waals surface area contributed by atoms with E-state index in [0.717, 1.165) is 23.3 Å². The molecule has 0 fully saturated rings. The number of amides is 1. The van der Waals surface area contributed by atoms with Crippen molar-refractivity contribution in [3.8, 4) is 11.5 Å². The average Bonchev–Trinajstić information content (AvgIpc) is 2.76. The molecule has 1 aliphatic heterocycles. The van der Waals surface area contributed by atoms with Gasteiger partial charge in [0.2, 0.25) is 0 Å². The Kier molecular flexibility index (Phi) is 6.87. The summed E-state index contributed by atoms with van der Waals surface area (Å²) in [5, 5.41) is 2.90. The molecule has 30 heavy (non-hydrogen) atoms. The van der Waals surface area contributed by atoms with Gasteiger partial charge in [-0.25, -0.2) is 0 Å². The zero-order valence-electron chi connectivity index (χ0n) is 17.9. The number of benzene rings is 2. The molecule has 6 nitrogen and oxygen atoms in total. The summed E-state index contributed by atoms with van der Waals surface area (Å²) >= 11 is 0. The highest BCUT2D eigenvalue weighted by atomic mass is 16.5. The Morgan fingerprint density at radius 1 is 1.07 bits per heavy atom. The molecule has 1 amide bonds. The Bertz CT molecular complexity index is 951. The highest BCUT2D eigenvalue weighted by Gasteiger charge is 2.28. The molecule has 1 aliphatic rings. The standard InChI is InChI=1S/C24H28N2O4/c1-15(2)23(26-24(28)16-8-6-5-7-9-16)20(27)14-19-18-13-22(30-4)21(29-3)12-17(18)10-11-25-19/h5-9,12-13,15,23H,10-11,14H2,1-4H3,(H,26,28)/t23-/m0/s1. The van der Waals surface area contributed by atoms with Gasteiger partial charge in [0, 0.05) is 23.4 Å². The van der Waals surface area contributed by atoms with Gasteiger partial charge in [-0.3, -0.25) is 14.6 Å². The van der Waals surface area contributed by atoms with Crippen LogP contribution in [0.4, 0.5) is 0 Å². The van der Waals surface area contributed by atoms with Crippen LogP contribution < -0.4 is 14.8 Å².